The third-order valence-corrected chi connectivity index (χ3v) is 7.27. The first-order chi connectivity index (χ1) is 15.0. The molecule has 0 aromatic carbocycles. The highest BCUT2D eigenvalue weighted by molar-refractivity contribution is 5.79. The molecule has 3 atom stereocenters. The van der Waals surface area contributed by atoms with Crippen LogP contribution >= 0.6 is 0 Å². The van der Waals surface area contributed by atoms with Crippen LogP contribution in [-0.2, 0) is 23.1 Å². The third-order valence-electron chi connectivity index (χ3n) is 7.27. The number of hydrogen-bond acceptors (Lipinski definition) is 4. The Balaban J connectivity index is 1.58. The van der Waals surface area contributed by atoms with Gasteiger partial charge in [-0.3, -0.25) is 13.9 Å². The van der Waals surface area contributed by atoms with E-state index in [0.29, 0.717) is 19.8 Å². The van der Waals surface area contributed by atoms with Gasteiger partial charge in [0.1, 0.15) is 0 Å². The Bertz CT molecular complexity index is 1050. The highest BCUT2D eigenvalue weighted by Gasteiger charge is 2.39. The fraction of sp³-hybridized carbons (Fsp3) is 0.720. The van der Waals surface area contributed by atoms with Gasteiger partial charge in [-0.25, -0.2) is 9.78 Å². The summed E-state index contributed by atoms with van der Waals surface area (Å²) < 4.78 is 8.90. The largest absolute Gasteiger partial charge is 0.381 e. The zero-order chi connectivity index (χ0) is 23.3. The lowest BCUT2D eigenvalue weighted by Gasteiger charge is -2.42. The lowest BCUT2D eigenvalue weighted by Crippen LogP contribution is -2.50. The Labute approximate surface area is 190 Å². The molecular weight excluding hydrogens is 404 g/mol. The molecule has 7 heteroatoms. The second-order valence-corrected chi connectivity index (χ2v) is 11.6. The lowest BCUT2D eigenvalue weighted by molar-refractivity contribution is -0.127. The van der Waals surface area contributed by atoms with Gasteiger partial charge in [0.2, 0.25) is 5.91 Å². The number of aromatic nitrogens is 3. The summed E-state index contributed by atoms with van der Waals surface area (Å²) in [5.74, 6) is 0.350. The van der Waals surface area contributed by atoms with Crippen molar-refractivity contribution in [2.24, 2.45) is 23.8 Å². The average Bonchev–Trinajstić information content (AvgIpc) is 3.33. The summed E-state index contributed by atoms with van der Waals surface area (Å²) in [6, 6.07) is 4.22. The van der Waals surface area contributed by atoms with Gasteiger partial charge in [-0.05, 0) is 48.6 Å². The van der Waals surface area contributed by atoms with Crippen LogP contribution in [0.4, 0.5) is 0 Å². The van der Waals surface area contributed by atoms with Crippen molar-refractivity contribution in [2.75, 3.05) is 13.2 Å². The summed E-state index contributed by atoms with van der Waals surface area (Å²) in [6.07, 6.45) is 3.72. The van der Waals surface area contributed by atoms with Crippen LogP contribution in [0.2, 0.25) is 0 Å². The average molecular weight is 443 g/mol. The van der Waals surface area contributed by atoms with E-state index in [1.165, 1.54) is 0 Å². The van der Waals surface area contributed by atoms with Crippen molar-refractivity contribution in [2.45, 2.75) is 78.8 Å². The fourth-order valence-electron chi connectivity index (χ4n) is 5.14. The van der Waals surface area contributed by atoms with Gasteiger partial charge < -0.3 is 10.1 Å². The van der Waals surface area contributed by atoms with Gasteiger partial charge in [-0.1, -0.05) is 34.6 Å². The van der Waals surface area contributed by atoms with E-state index in [1.807, 2.05) is 10.6 Å². The molecule has 1 aliphatic heterocycles. The number of hydrogen-bond donors (Lipinski definition) is 1. The van der Waals surface area contributed by atoms with Crippen LogP contribution in [-0.4, -0.2) is 39.3 Å². The van der Waals surface area contributed by atoms with Gasteiger partial charge in [0, 0.05) is 37.9 Å². The van der Waals surface area contributed by atoms with E-state index in [0.717, 1.165) is 42.5 Å². The first-order valence-corrected chi connectivity index (χ1v) is 11.9. The maximum atomic E-state index is 12.9. The van der Waals surface area contributed by atoms with E-state index < -0.39 is 0 Å². The maximum Gasteiger partial charge on any atom is 0.330 e. The second kappa shape index (κ2) is 8.32. The Kier molecular flexibility index (Phi) is 5.99. The van der Waals surface area contributed by atoms with Crippen LogP contribution in [0.15, 0.2) is 16.9 Å². The fourth-order valence-corrected chi connectivity index (χ4v) is 5.14. The Morgan fingerprint density at radius 3 is 2.69 bits per heavy atom. The first kappa shape index (κ1) is 23.0. The minimum atomic E-state index is -0.0299. The highest BCUT2D eigenvalue weighted by atomic mass is 16.5. The molecule has 0 bridgehead atoms. The number of amides is 1. The standard InChI is InChI=1S/C25H38N4O3/c1-24(2,3)15-29-19-8-7-18(26-21(19)28(6)23(29)31)16-9-11-25(4,5)20(13-16)27-22(30)17-10-12-32-14-17/h7-8,16-17,20H,9-15H2,1-6H3,(H,27,30). The van der Waals surface area contributed by atoms with Crippen molar-refractivity contribution >= 4 is 17.1 Å². The molecule has 3 unspecified atom stereocenters. The first-order valence-electron chi connectivity index (χ1n) is 11.9. The summed E-state index contributed by atoms with van der Waals surface area (Å²) in [4.78, 5) is 30.6. The van der Waals surface area contributed by atoms with Crippen LogP contribution < -0.4 is 11.0 Å². The second-order valence-electron chi connectivity index (χ2n) is 11.6. The lowest BCUT2D eigenvalue weighted by atomic mass is 9.68. The molecule has 176 valence electrons. The normalized spacial score (nSPS) is 25.9. The number of pyridine rings is 1. The Morgan fingerprint density at radius 2 is 2.03 bits per heavy atom. The number of aryl methyl sites for hydroxylation is 1. The van der Waals surface area contributed by atoms with Crippen molar-refractivity contribution in [3.05, 3.63) is 28.3 Å². The zero-order valence-corrected chi connectivity index (χ0v) is 20.4. The van der Waals surface area contributed by atoms with Crippen molar-refractivity contribution < 1.29 is 9.53 Å². The molecule has 2 aliphatic rings. The number of fused-ring (bicyclic) bond motifs is 1. The molecule has 4 rings (SSSR count). The molecule has 2 fully saturated rings. The van der Waals surface area contributed by atoms with Crippen LogP contribution in [0.5, 0.6) is 0 Å². The van der Waals surface area contributed by atoms with Gasteiger partial charge in [-0.15, -0.1) is 0 Å². The van der Waals surface area contributed by atoms with Gasteiger partial charge in [0.05, 0.1) is 18.0 Å². The Morgan fingerprint density at radius 1 is 1.28 bits per heavy atom. The van der Waals surface area contributed by atoms with E-state index in [2.05, 4.69) is 46.0 Å². The molecule has 1 N–H and O–H groups in total. The van der Waals surface area contributed by atoms with Crippen molar-refractivity contribution in [3.8, 4) is 0 Å². The van der Waals surface area contributed by atoms with E-state index in [9.17, 15) is 9.59 Å². The molecule has 1 saturated carbocycles. The number of imidazole rings is 1. The molecule has 1 amide bonds. The predicted octanol–water partition coefficient (Wildman–Crippen LogP) is 3.60. The Hall–Kier alpha value is -2.15. The smallest absolute Gasteiger partial charge is 0.330 e. The third kappa shape index (κ3) is 4.49. The number of carbonyl (C=O) groups is 1. The minimum absolute atomic E-state index is 0.00151. The molecule has 7 nitrogen and oxygen atoms in total. The minimum Gasteiger partial charge on any atom is -0.381 e. The summed E-state index contributed by atoms with van der Waals surface area (Å²) in [7, 11) is 1.80. The van der Waals surface area contributed by atoms with Crippen LogP contribution in [0.25, 0.3) is 11.2 Å². The molecule has 3 heterocycles. The molecule has 1 saturated heterocycles. The zero-order valence-electron chi connectivity index (χ0n) is 20.4. The van der Waals surface area contributed by atoms with Gasteiger partial charge >= 0.3 is 5.69 Å². The highest BCUT2D eigenvalue weighted by Crippen LogP contribution is 2.42. The van der Waals surface area contributed by atoms with Gasteiger partial charge in [0.25, 0.3) is 0 Å². The SMILES string of the molecule is Cn1c(=O)n(CC(C)(C)C)c2ccc(C3CCC(C)(C)C(NC(=O)C4CCOC4)C3)nc21. The monoisotopic (exact) mass is 442 g/mol. The van der Waals surface area contributed by atoms with E-state index in [4.69, 9.17) is 9.72 Å². The number of nitrogens with zero attached hydrogens (tertiary/aromatic N) is 3. The van der Waals surface area contributed by atoms with Crippen LogP contribution in [0.3, 0.4) is 0 Å². The molecule has 0 spiro atoms. The van der Waals surface area contributed by atoms with Gasteiger partial charge in [-0.2, -0.15) is 0 Å². The summed E-state index contributed by atoms with van der Waals surface area (Å²) in [5, 5.41) is 3.33. The number of nitrogens with one attached hydrogen (secondary N) is 1. The van der Waals surface area contributed by atoms with Crippen molar-refractivity contribution in [3.63, 3.8) is 0 Å². The molecule has 32 heavy (non-hydrogen) atoms. The molecule has 1 aliphatic carbocycles. The molecule has 2 aromatic heterocycles. The maximum absolute atomic E-state index is 12.9. The van der Waals surface area contributed by atoms with Crippen LogP contribution in [0, 0.1) is 16.7 Å². The molecular formula is C25H38N4O3. The number of carbonyl (C=O) groups excluding carboxylic acids is 1. The topological polar surface area (TPSA) is 78.2 Å². The molecule has 0 radical (unpaired) electrons. The predicted molar refractivity (Wildman–Crippen MR) is 126 cm³/mol. The van der Waals surface area contributed by atoms with E-state index in [1.54, 1.807) is 11.6 Å². The number of ether oxygens (including phenoxy) is 1. The van der Waals surface area contributed by atoms with Gasteiger partial charge in [0.15, 0.2) is 5.65 Å². The van der Waals surface area contributed by atoms with E-state index >= 15 is 0 Å². The van der Waals surface area contributed by atoms with Crippen LogP contribution in [0.1, 0.15) is 71.9 Å². The molecule has 2 aromatic rings. The van der Waals surface area contributed by atoms with E-state index in [-0.39, 0.29) is 40.3 Å². The summed E-state index contributed by atoms with van der Waals surface area (Å²) >= 11 is 0. The summed E-state index contributed by atoms with van der Waals surface area (Å²) in [6.45, 7) is 12.7. The summed E-state index contributed by atoms with van der Waals surface area (Å²) in [5.41, 5.74) is 2.66. The van der Waals surface area contributed by atoms with Crippen molar-refractivity contribution in [1.82, 2.24) is 19.4 Å². The van der Waals surface area contributed by atoms with Crippen molar-refractivity contribution in [1.29, 1.82) is 0 Å². The quantitative estimate of drug-likeness (QED) is 0.785. The number of rotatable bonds is 4.